The summed E-state index contributed by atoms with van der Waals surface area (Å²) in [4.78, 5) is 13.3. The zero-order valence-electron chi connectivity index (χ0n) is 19.0. The van der Waals surface area contributed by atoms with Crippen molar-refractivity contribution in [3.63, 3.8) is 0 Å². The van der Waals surface area contributed by atoms with Crippen LogP contribution < -0.4 is 14.7 Å². The highest BCUT2D eigenvalue weighted by molar-refractivity contribution is 8.00. The summed E-state index contributed by atoms with van der Waals surface area (Å²) >= 11 is 1.96. The SMILES string of the molecule is CC(SCCN1CCCCc2c(OCC(=O)[O-])cccc21)(c1ccccc1)c1ccccc1. The van der Waals surface area contributed by atoms with E-state index in [2.05, 4.69) is 78.6 Å². The molecule has 0 bridgehead atoms. The monoisotopic (exact) mass is 460 g/mol. The van der Waals surface area contributed by atoms with Crippen molar-refractivity contribution in [2.75, 3.05) is 30.3 Å². The average molecular weight is 461 g/mol. The minimum Gasteiger partial charge on any atom is -0.546 e. The molecule has 4 rings (SSSR count). The van der Waals surface area contributed by atoms with Gasteiger partial charge in [-0.25, -0.2) is 0 Å². The number of rotatable bonds is 9. The van der Waals surface area contributed by atoms with Crippen molar-refractivity contribution in [2.24, 2.45) is 0 Å². The second-order valence-corrected chi connectivity index (χ2v) is 9.99. The number of hydrogen-bond acceptors (Lipinski definition) is 5. The fraction of sp³-hybridized carbons (Fsp3) is 0.321. The van der Waals surface area contributed by atoms with Gasteiger partial charge in [-0.15, -0.1) is 11.8 Å². The van der Waals surface area contributed by atoms with Gasteiger partial charge in [0.05, 0.1) is 10.7 Å². The molecule has 0 radical (unpaired) electrons. The van der Waals surface area contributed by atoms with Gasteiger partial charge in [-0.3, -0.25) is 0 Å². The second-order valence-electron chi connectivity index (χ2n) is 8.47. The van der Waals surface area contributed by atoms with Gasteiger partial charge in [0.2, 0.25) is 0 Å². The van der Waals surface area contributed by atoms with Gasteiger partial charge in [-0.1, -0.05) is 66.7 Å². The molecule has 1 aliphatic rings. The number of nitrogens with zero attached hydrogens (tertiary/aromatic N) is 1. The number of carboxylic acids is 1. The van der Waals surface area contributed by atoms with Crippen molar-refractivity contribution in [3.05, 3.63) is 95.6 Å². The standard InChI is InChI=1S/C28H31NO3S/c1-28(22-11-4-2-5-12-22,23-13-6-3-7-14-23)33-20-19-29-18-9-8-15-24-25(29)16-10-17-26(24)32-21-27(30)31/h2-7,10-14,16-17H,8-9,15,18-21H2,1H3,(H,30,31)/p-1. The Morgan fingerprint density at radius 2 is 1.64 bits per heavy atom. The number of aliphatic carboxylic acids is 1. The molecule has 0 spiro atoms. The largest absolute Gasteiger partial charge is 0.546 e. The number of anilines is 1. The highest BCUT2D eigenvalue weighted by Crippen LogP contribution is 2.43. The maximum Gasteiger partial charge on any atom is 0.128 e. The van der Waals surface area contributed by atoms with Crippen LogP contribution in [0.5, 0.6) is 5.75 Å². The summed E-state index contributed by atoms with van der Waals surface area (Å²) in [6.45, 7) is 3.80. The van der Waals surface area contributed by atoms with Crippen LogP contribution in [0.2, 0.25) is 0 Å². The van der Waals surface area contributed by atoms with Crippen LogP contribution in [0.25, 0.3) is 0 Å². The normalized spacial score (nSPS) is 13.8. The zero-order valence-corrected chi connectivity index (χ0v) is 19.9. The van der Waals surface area contributed by atoms with Crippen molar-refractivity contribution in [1.82, 2.24) is 0 Å². The Hall–Kier alpha value is -2.92. The van der Waals surface area contributed by atoms with Crippen LogP contribution in [0.3, 0.4) is 0 Å². The van der Waals surface area contributed by atoms with Gasteiger partial charge < -0.3 is 19.5 Å². The molecule has 33 heavy (non-hydrogen) atoms. The lowest BCUT2D eigenvalue weighted by atomic mass is 9.92. The third kappa shape index (κ3) is 5.53. The molecule has 3 aromatic carbocycles. The van der Waals surface area contributed by atoms with Gasteiger partial charge in [0.15, 0.2) is 0 Å². The van der Waals surface area contributed by atoms with Gasteiger partial charge in [0.25, 0.3) is 0 Å². The van der Waals surface area contributed by atoms with Crippen LogP contribution in [0, 0.1) is 0 Å². The topological polar surface area (TPSA) is 52.6 Å². The van der Waals surface area contributed by atoms with Crippen LogP contribution in [0.1, 0.15) is 36.5 Å². The Balaban J connectivity index is 1.53. The van der Waals surface area contributed by atoms with E-state index in [0.717, 1.165) is 49.4 Å². The fourth-order valence-electron chi connectivity index (χ4n) is 4.54. The zero-order chi connectivity index (χ0) is 23.1. The van der Waals surface area contributed by atoms with E-state index in [1.54, 1.807) is 0 Å². The number of fused-ring (bicyclic) bond motifs is 1. The molecule has 0 aliphatic carbocycles. The Labute approximate surface area is 200 Å². The lowest BCUT2D eigenvalue weighted by molar-refractivity contribution is -0.307. The first-order valence-corrected chi connectivity index (χ1v) is 12.5. The summed E-state index contributed by atoms with van der Waals surface area (Å²) in [5.41, 5.74) is 4.87. The molecule has 0 N–H and O–H groups in total. The first-order chi connectivity index (χ1) is 16.1. The third-order valence-electron chi connectivity index (χ3n) is 6.30. The van der Waals surface area contributed by atoms with Crippen molar-refractivity contribution in [1.29, 1.82) is 0 Å². The van der Waals surface area contributed by atoms with E-state index in [1.807, 2.05) is 23.9 Å². The number of hydrogen-bond donors (Lipinski definition) is 0. The molecular formula is C28H30NO3S-. The van der Waals surface area contributed by atoms with Gasteiger partial charge in [0.1, 0.15) is 12.4 Å². The van der Waals surface area contributed by atoms with E-state index in [0.29, 0.717) is 5.75 Å². The maximum atomic E-state index is 10.9. The van der Waals surface area contributed by atoms with E-state index in [1.165, 1.54) is 11.1 Å². The number of carboxylic acid groups (broad SMARTS) is 1. The fourth-order valence-corrected chi connectivity index (χ4v) is 5.86. The molecule has 5 heteroatoms. The Bertz CT molecular complexity index is 1020. The van der Waals surface area contributed by atoms with Crippen LogP contribution in [-0.2, 0) is 16.0 Å². The van der Waals surface area contributed by atoms with Crippen molar-refractivity contribution < 1.29 is 14.6 Å². The highest BCUT2D eigenvalue weighted by atomic mass is 32.2. The minimum atomic E-state index is -1.20. The Morgan fingerprint density at radius 1 is 0.970 bits per heavy atom. The first-order valence-electron chi connectivity index (χ1n) is 11.5. The van der Waals surface area contributed by atoms with Gasteiger partial charge in [-0.05, 0) is 49.4 Å². The molecule has 0 aromatic heterocycles. The maximum absolute atomic E-state index is 10.9. The second kappa shape index (κ2) is 10.8. The molecule has 1 heterocycles. The van der Waals surface area contributed by atoms with Gasteiger partial charge >= 0.3 is 0 Å². The molecule has 0 atom stereocenters. The van der Waals surface area contributed by atoms with E-state index < -0.39 is 12.6 Å². The first kappa shape index (κ1) is 23.2. The smallest absolute Gasteiger partial charge is 0.128 e. The summed E-state index contributed by atoms with van der Waals surface area (Å²) in [5, 5.41) is 10.9. The van der Waals surface area contributed by atoms with Crippen LogP contribution >= 0.6 is 11.8 Å². The van der Waals surface area contributed by atoms with Gasteiger partial charge in [-0.2, -0.15) is 0 Å². The average Bonchev–Trinajstić information content (AvgIpc) is 3.06. The minimum absolute atomic E-state index is 0.142. The van der Waals surface area contributed by atoms with E-state index >= 15 is 0 Å². The summed E-state index contributed by atoms with van der Waals surface area (Å²) < 4.78 is 5.41. The van der Waals surface area contributed by atoms with E-state index in [-0.39, 0.29) is 4.75 Å². The van der Waals surface area contributed by atoms with Crippen molar-refractivity contribution >= 4 is 23.4 Å². The molecule has 172 valence electrons. The molecule has 0 unspecified atom stereocenters. The van der Waals surface area contributed by atoms with Crippen molar-refractivity contribution in [3.8, 4) is 5.75 Å². The lowest BCUT2D eigenvalue weighted by Crippen LogP contribution is -2.30. The molecule has 0 saturated heterocycles. The summed E-state index contributed by atoms with van der Waals surface area (Å²) in [7, 11) is 0. The molecule has 1 aliphatic heterocycles. The van der Waals surface area contributed by atoms with Gasteiger partial charge in [0, 0.05) is 30.1 Å². The predicted molar refractivity (Wildman–Crippen MR) is 134 cm³/mol. The van der Waals surface area contributed by atoms with Crippen LogP contribution in [0.4, 0.5) is 5.69 Å². The Morgan fingerprint density at radius 3 is 2.27 bits per heavy atom. The van der Waals surface area contributed by atoms with E-state index in [4.69, 9.17) is 4.74 Å². The molecule has 0 fully saturated rings. The number of benzene rings is 3. The highest BCUT2D eigenvalue weighted by Gasteiger charge is 2.29. The summed E-state index contributed by atoms with van der Waals surface area (Å²) in [6, 6.07) is 27.3. The van der Waals surface area contributed by atoms with E-state index in [9.17, 15) is 9.90 Å². The molecule has 3 aromatic rings. The molecule has 0 amide bonds. The number of carbonyl (C=O) groups is 1. The number of carbonyl (C=O) groups excluding carboxylic acids is 1. The quantitative estimate of drug-likeness (QED) is 0.465. The molecule has 0 saturated carbocycles. The Kier molecular flexibility index (Phi) is 7.61. The number of ether oxygens (including phenoxy) is 1. The molecular weight excluding hydrogens is 430 g/mol. The number of thioether (sulfide) groups is 1. The molecule has 4 nitrogen and oxygen atoms in total. The van der Waals surface area contributed by atoms with Crippen LogP contribution in [-0.4, -0.2) is 31.4 Å². The predicted octanol–water partition coefficient (Wildman–Crippen LogP) is 4.65. The summed E-state index contributed by atoms with van der Waals surface area (Å²) in [6.07, 6.45) is 3.07. The summed E-state index contributed by atoms with van der Waals surface area (Å²) in [5.74, 6) is 0.425. The third-order valence-corrected chi connectivity index (χ3v) is 7.74. The van der Waals surface area contributed by atoms with Crippen molar-refractivity contribution in [2.45, 2.75) is 30.9 Å². The lowest BCUT2D eigenvalue weighted by Gasteiger charge is -2.32. The van der Waals surface area contributed by atoms with Crippen LogP contribution in [0.15, 0.2) is 78.9 Å².